The quantitative estimate of drug-likeness (QED) is 0.748. The summed E-state index contributed by atoms with van der Waals surface area (Å²) in [6.07, 6.45) is 0.129. The van der Waals surface area contributed by atoms with Crippen LogP contribution < -0.4 is 14.8 Å². The van der Waals surface area contributed by atoms with Crippen molar-refractivity contribution in [3.8, 4) is 11.5 Å². The fraction of sp³-hybridized carbons (Fsp3) is 0.300. The molecule has 0 saturated carbocycles. The predicted octanol–water partition coefficient (Wildman–Crippen LogP) is 3.37. The normalized spacial score (nSPS) is 10.4. The maximum Gasteiger partial charge on any atom is 0.258 e. The van der Waals surface area contributed by atoms with Crippen LogP contribution in [0.3, 0.4) is 0 Å². The number of carbonyl (C=O) groups is 2. The monoisotopic (exact) mass is 341 g/mol. The number of ether oxygens (including phenoxy) is 2. The third-order valence-electron chi connectivity index (χ3n) is 3.40. The Bertz CT molecular complexity index is 723. The Morgan fingerprint density at radius 3 is 2.40 bits per heavy atom. The Balaban J connectivity index is 1.79. The maximum absolute atomic E-state index is 11.9. The molecule has 132 valence electrons. The first-order valence-corrected chi connectivity index (χ1v) is 8.20. The average molecular weight is 341 g/mol. The minimum absolute atomic E-state index is 0.0419. The van der Waals surface area contributed by atoms with Crippen LogP contribution in [0.15, 0.2) is 48.5 Å². The smallest absolute Gasteiger partial charge is 0.258 e. The SMILES string of the molecule is CC(=O)c1cccc(OCC(=O)NCc2ccc(OC(C)C)cc2)c1. The number of rotatable bonds is 8. The molecule has 0 aliphatic rings. The van der Waals surface area contributed by atoms with Crippen molar-refractivity contribution in [1.29, 1.82) is 0 Å². The molecule has 1 N–H and O–H groups in total. The van der Waals surface area contributed by atoms with Crippen LogP contribution in [-0.4, -0.2) is 24.4 Å². The largest absolute Gasteiger partial charge is 0.491 e. The Kier molecular flexibility index (Phi) is 6.57. The Labute approximate surface area is 148 Å². The van der Waals surface area contributed by atoms with Gasteiger partial charge in [-0.15, -0.1) is 0 Å². The van der Waals surface area contributed by atoms with E-state index in [0.29, 0.717) is 17.9 Å². The van der Waals surface area contributed by atoms with Gasteiger partial charge in [0.15, 0.2) is 12.4 Å². The number of amides is 1. The van der Waals surface area contributed by atoms with Gasteiger partial charge in [-0.2, -0.15) is 0 Å². The van der Waals surface area contributed by atoms with Gasteiger partial charge in [0.05, 0.1) is 6.10 Å². The van der Waals surface area contributed by atoms with E-state index in [9.17, 15) is 9.59 Å². The summed E-state index contributed by atoms with van der Waals surface area (Å²) >= 11 is 0. The van der Waals surface area contributed by atoms with Gasteiger partial charge in [0, 0.05) is 12.1 Å². The molecule has 2 aromatic rings. The van der Waals surface area contributed by atoms with Crippen molar-refractivity contribution in [2.75, 3.05) is 6.61 Å². The number of nitrogens with one attached hydrogen (secondary N) is 1. The molecular formula is C20H23NO4. The number of hydrogen-bond donors (Lipinski definition) is 1. The van der Waals surface area contributed by atoms with Gasteiger partial charge >= 0.3 is 0 Å². The van der Waals surface area contributed by atoms with Crippen LogP contribution in [0.2, 0.25) is 0 Å². The van der Waals surface area contributed by atoms with Crippen LogP contribution in [-0.2, 0) is 11.3 Å². The fourth-order valence-electron chi connectivity index (χ4n) is 2.16. The Morgan fingerprint density at radius 2 is 1.76 bits per heavy atom. The third-order valence-corrected chi connectivity index (χ3v) is 3.40. The number of Topliss-reactive ketones (excluding diaryl/α,β-unsaturated/α-hetero) is 1. The second kappa shape index (κ2) is 8.87. The van der Waals surface area contributed by atoms with Gasteiger partial charge in [0.25, 0.3) is 5.91 Å². The molecule has 0 fully saturated rings. The molecule has 0 heterocycles. The van der Waals surface area contributed by atoms with Crippen molar-refractivity contribution in [3.05, 3.63) is 59.7 Å². The molecular weight excluding hydrogens is 318 g/mol. The zero-order valence-corrected chi connectivity index (χ0v) is 14.7. The molecule has 0 aliphatic carbocycles. The van der Waals surface area contributed by atoms with Gasteiger partial charge in [-0.25, -0.2) is 0 Å². The van der Waals surface area contributed by atoms with E-state index in [4.69, 9.17) is 9.47 Å². The van der Waals surface area contributed by atoms with Gasteiger partial charge in [0.1, 0.15) is 11.5 Å². The first kappa shape index (κ1) is 18.5. The second-order valence-electron chi connectivity index (χ2n) is 5.96. The van der Waals surface area contributed by atoms with E-state index in [1.807, 2.05) is 38.1 Å². The summed E-state index contributed by atoms with van der Waals surface area (Å²) in [6, 6.07) is 14.4. The van der Waals surface area contributed by atoms with E-state index in [-0.39, 0.29) is 24.4 Å². The van der Waals surface area contributed by atoms with Crippen molar-refractivity contribution in [1.82, 2.24) is 5.32 Å². The average Bonchev–Trinajstić information content (AvgIpc) is 2.59. The van der Waals surface area contributed by atoms with Crippen LogP contribution in [0.5, 0.6) is 11.5 Å². The topological polar surface area (TPSA) is 64.6 Å². The lowest BCUT2D eigenvalue weighted by Crippen LogP contribution is -2.28. The van der Waals surface area contributed by atoms with Gasteiger partial charge in [0.2, 0.25) is 0 Å². The number of carbonyl (C=O) groups excluding carboxylic acids is 2. The highest BCUT2D eigenvalue weighted by Gasteiger charge is 2.05. The lowest BCUT2D eigenvalue weighted by molar-refractivity contribution is -0.123. The van der Waals surface area contributed by atoms with E-state index in [1.165, 1.54) is 6.92 Å². The van der Waals surface area contributed by atoms with Crippen molar-refractivity contribution in [2.45, 2.75) is 33.4 Å². The standard InChI is InChI=1S/C20H23NO4/c1-14(2)25-18-9-7-16(8-10-18)12-21-20(23)13-24-19-6-4-5-17(11-19)15(3)22/h4-11,14H,12-13H2,1-3H3,(H,21,23). The van der Waals surface area contributed by atoms with Gasteiger partial charge in [-0.05, 0) is 50.6 Å². The minimum atomic E-state index is -0.226. The molecule has 0 atom stereocenters. The molecule has 5 heteroatoms. The zero-order valence-electron chi connectivity index (χ0n) is 14.7. The molecule has 0 saturated heterocycles. The lowest BCUT2D eigenvalue weighted by Gasteiger charge is -2.11. The minimum Gasteiger partial charge on any atom is -0.491 e. The molecule has 2 aromatic carbocycles. The summed E-state index contributed by atoms with van der Waals surface area (Å²) in [4.78, 5) is 23.2. The van der Waals surface area contributed by atoms with E-state index >= 15 is 0 Å². The van der Waals surface area contributed by atoms with Gasteiger partial charge in [-0.3, -0.25) is 9.59 Å². The van der Waals surface area contributed by atoms with E-state index in [1.54, 1.807) is 24.3 Å². The number of ketones is 1. The molecule has 0 spiro atoms. The molecule has 0 aliphatic heterocycles. The summed E-state index contributed by atoms with van der Waals surface area (Å²) in [6.45, 7) is 5.75. The van der Waals surface area contributed by atoms with Crippen LogP contribution in [0.4, 0.5) is 0 Å². The van der Waals surface area contributed by atoms with Crippen molar-refractivity contribution < 1.29 is 19.1 Å². The van der Waals surface area contributed by atoms with E-state index in [0.717, 1.165) is 11.3 Å². The van der Waals surface area contributed by atoms with Gasteiger partial charge in [-0.1, -0.05) is 24.3 Å². The first-order chi connectivity index (χ1) is 11.9. The third kappa shape index (κ3) is 6.30. The summed E-state index contributed by atoms with van der Waals surface area (Å²) in [5, 5.41) is 2.80. The zero-order chi connectivity index (χ0) is 18.2. The maximum atomic E-state index is 11.9. The van der Waals surface area contributed by atoms with Crippen molar-refractivity contribution >= 4 is 11.7 Å². The number of hydrogen-bond acceptors (Lipinski definition) is 4. The molecule has 0 bridgehead atoms. The highest BCUT2D eigenvalue weighted by molar-refractivity contribution is 5.94. The summed E-state index contributed by atoms with van der Waals surface area (Å²) in [7, 11) is 0. The van der Waals surface area contributed by atoms with Crippen LogP contribution >= 0.6 is 0 Å². The number of benzene rings is 2. The first-order valence-electron chi connectivity index (χ1n) is 8.20. The summed E-state index contributed by atoms with van der Waals surface area (Å²) < 4.78 is 11.0. The Morgan fingerprint density at radius 1 is 1.04 bits per heavy atom. The highest BCUT2D eigenvalue weighted by atomic mass is 16.5. The van der Waals surface area contributed by atoms with Gasteiger partial charge < -0.3 is 14.8 Å². The molecule has 0 unspecified atom stereocenters. The van der Waals surface area contributed by atoms with Crippen LogP contribution in [0.25, 0.3) is 0 Å². The highest BCUT2D eigenvalue weighted by Crippen LogP contribution is 2.14. The van der Waals surface area contributed by atoms with Crippen molar-refractivity contribution in [3.63, 3.8) is 0 Å². The lowest BCUT2D eigenvalue weighted by atomic mass is 10.1. The summed E-state index contributed by atoms with van der Waals surface area (Å²) in [5.41, 5.74) is 1.53. The van der Waals surface area contributed by atoms with Crippen LogP contribution in [0.1, 0.15) is 36.7 Å². The predicted molar refractivity (Wildman–Crippen MR) is 96.0 cm³/mol. The Hall–Kier alpha value is -2.82. The van der Waals surface area contributed by atoms with Crippen molar-refractivity contribution in [2.24, 2.45) is 0 Å². The molecule has 1 amide bonds. The fourth-order valence-corrected chi connectivity index (χ4v) is 2.16. The molecule has 2 rings (SSSR count). The van der Waals surface area contributed by atoms with E-state index < -0.39 is 0 Å². The summed E-state index contributed by atoms with van der Waals surface area (Å²) in [5.74, 6) is 1.03. The molecule has 25 heavy (non-hydrogen) atoms. The van der Waals surface area contributed by atoms with Crippen LogP contribution in [0, 0.1) is 0 Å². The second-order valence-corrected chi connectivity index (χ2v) is 5.96. The molecule has 0 aromatic heterocycles. The molecule has 0 radical (unpaired) electrons. The molecule has 5 nitrogen and oxygen atoms in total. The van der Waals surface area contributed by atoms with E-state index in [2.05, 4.69) is 5.32 Å².